The zero-order valence-corrected chi connectivity index (χ0v) is 11.4. The van der Waals surface area contributed by atoms with Crippen molar-refractivity contribution in [2.24, 2.45) is 0 Å². The van der Waals surface area contributed by atoms with Crippen LogP contribution in [-0.4, -0.2) is 32.5 Å². The van der Waals surface area contributed by atoms with Crippen molar-refractivity contribution in [2.45, 2.75) is 23.8 Å². The molecule has 0 spiro atoms. The van der Waals surface area contributed by atoms with Crippen LogP contribution in [0.2, 0.25) is 0 Å². The number of sulfonamides is 1. The Kier molecular flexibility index (Phi) is 4.21. The van der Waals surface area contributed by atoms with Crippen molar-refractivity contribution in [3.63, 3.8) is 0 Å². The third kappa shape index (κ3) is 3.24. The van der Waals surface area contributed by atoms with Gasteiger partial charge in [-0.25, -0.2) is 13.1 Å². The number of benzene rings is 1. The maximum absolute atomic E-state index is 12.1. The standard InChI is InChI=1S/C11H15N3O5S/c15-11-2-1-9(7-10(11)14(16)17)20(18,19)13-8-3-5-12-6-4-8/h1-2,7-8,12-13,15H,3-6H2. The predicted octanol–water partition coefficient (Wildman–Crippen LogP) is -1.33. The zero-order chi connectivity index (χ0) is 14.8. The van der Waals surface area contributed by atoms with Crippen LogP contribution in [0.3, 0.4) is 0 Å². The van der Waals surface area contributed by atoms with Gasteiger partial charge in [0.15, 0.2) is 0 Å². The molecule has 110 valence electrons. The second-order valence-electron chi connectivity index (χ2n) is 4.65. The summed E-state index contributed by atoms with van der Waals surface area (Å²) >= 11 is 0. The minimum Gasteiger partial charge on any atom is -0.868 e. The van der Waals surface area contributed by atoms with Crippen molar-refractivity contribution in [2.75, 3.05) is 13.1 Å². The van der Waals surface area contributed by atoms with E-state index in [2.05, 4.69) is 10.0 Å². The highest BCUT2D eigenvalue weighted by molar-refractivity contribution is 7.89. The summed E-state index contributed by atoms with van der Waals surface area (Å²) in [5.41, 5.74) is -0.732. The Labute approximate surface area is 116 Å². The lowest BCUT2D eigenvalue weighted by Crippen LogP contribution is -2.87. The Morgan fingerprint density at radius 3 is 2.55 bits per heavy atom. The van der Waals surface area contributed by atoms with Gasteiger partial charge in [0, 0.05) is 24.9 Å². The maximum Gasteiger partial charge on any atom is 0.263 e. The molecule has 1 fully saturated rings. The van der Waals surface area contributed by atoms with Gasteiger partial charge in [-0.15, -0.1) is 0 Å². The summed E-state index contributed by atoms with van der Waals surface area (Å²) in [5, 5.41) is 24.0. The number of nitrogens with one attached hydrogen (secondary N) is 1. The Morgan fingerprint density at radius 2 is 1.95 bits per heavy atom. The molecule has 1 aromatic rings. The molecule has 0 radical (unpaired) electrons. The number of nitrogens with two attached hydrogens (primary N) is 1. The third-order valence-corrected chi connectivity index (χ3v) is 4.72. The Bertz CT molecular complexity index is 610. The minimum absolute atomic E-state index is 0.170. The first-order chi connectivity index (χ1) is 9.40. The van der Waals surface area contributed by atoms with E-state index >= 15 is 0 Å². The first-order valence-electron chi connectivity index (χ1n) is 6.19. The molecule has 0 atom stereocenters. The fourth-order valence-electron chi connectivity index (χ4n) is 2.14. The molecule has 1 saturated heterocycles. The third-order valence-electron chi connectivity index (χ3n) is 3.20. The minimum atomic E-state index is -3.84. The second kappa shape index (κ2) is 5.73. The van der Waals surface area contributed by atoms with Gasteiger partial charge in [-0.3, -0.25) is 10.1 Å². The van der Waals surface area contributed by atoms with Crippen LogP contribution < -0.4 is 15.1 Å². The van der Waals surface area contributed by atoms with Gasteiger partial charge in [0.25, 0.3) is 5.69 Å². The van der Waals surface area contributed by atoms with Crippen LogP contribution in [0.25, 0.3) is 0 Å². The molecule has 0 unspecified atom stereocenters. The SMILES string of the molecule is O=[N+]([O-])c1cc(S(=O)(=O)NC2CC[NH2+]CC2)ccc1[O-]. The van der Waals surface area contributed by atoms with Crippen molar-refractivity contribution in [1.29, 1.82) is 0 Å². The first kappa shape index (κ1) is 14.7. The van der Waals surface area contributed by atoms with Crippen LogP contribution in [0, 0.1) is 10.1 Å². The fraction of sp³-hybridized carbons (Fsp3) is 0.455. The molecular weight excluding hydrogens is 286 g/mol. The van der Waals surface area contributed by atoms with E-state index in [1.807, 2.05) is 0 Å². The number of hydrogen-bond donors (Lipinski definition) is 2. The number of nitro groups is 1. The number of nitrogens with zero attached hydrogens (tertiary/aromatic N) is 1. The fourth-order valence-corrected chi connectivity index (χ4v) is 3.46. The van der Waals surface area contributed by atoms with Gasteiger partial charge in [-0.1, -0.05) is 6.07 Å². The summed E-state index contributed by atoms with van der Waals surface area (Å²) in [5.74, 6) is -0.804. The topological polar surface area (TPSA) is 129 Å². The highest BCUT2D eigenvalue weighted by atomic mass is 32.2. The molecule has 0 aromatic heterocycles. The normalized spacial score (nSPS) is 17.0. The highest BCUT2D eigenvalue weighted by Crippen LogP contribution is 2.26. The molecule has 1 heterocycles. The number of piperidine rings is 1. The summed E-state index contributed by atoms with van der Waals surface area (Å²) in [4.78, 5) is 9.55. The van der Waals surface area contributed by atoms with Crippen LogP contribution in [-0.2, 0) is 10.0 Å². The smallest absolute Gasteiger partial charge is 0.263 e. The Hall–Kier alpha value is -1.71. The molecule has 0 aliphatic carbocycles. The quantitative estimate of drug-likeness (QED) is 0.526. The number of quaternary nitrogens is 1. The van der Waals surface area contributed by atoms with Gasteiger partial charge < -0.3 is 10.4 Å². The van der Waals surface area contributed by atoms with Crippen LogP contribution in [0.15, 0.2) is 23.1 Å². The average Bonchev–Trinajstić information content (AvgIpc) is 2.39. The summed E-state index contributed by atoms with van der Waals surface area (Å²) in [6.45, 7) is 1.68. The molecule has 2 rings (SSSR count). The van der Waals surface area contributed by atoms with Crippen molar-refractivity contribution >= 4 is 15.7 Å². The van der Waals surface area contributed by atoms with Crippen molar-refractivity contribution < 1.29 is 23.8 Å². The summed E-state index contributed by atoms with van der Waals surface area (Å²) in [7, 11) is -3.84. The molecule has 0 saturated carbocycles. The molecule has 1 aliphatic heterocycles. The average molecular weight is 301 g/mol. The van der Waals surface area contributed by atoms with E-state index in [1.54, 1.807) is 0 Å². The lowest BCUT2D eigenvalue weighted by Gasteiger charge is -2.21. The zero-order valence-electron chi connectivity index (χ0n) is 10.6. The van der Waals surface area contributed by atoms with E-state index in [9.17, 15) is 23.6 Å². The van der Waals surface area contributed by atoms with Gasteiger partial charge >= 0.3 is 0 Å². The van der Waals surface area contributed by atoms with Gasteiger partial charge in [-0.2, -0.15) is 0 Å². The lowest BCUT2D eigenvalue weighted by molar-refractivity contribution is -0.663. The molecular formula is C11H15N3O5S. The predicted molar refractivity (Wildman–Crippen MR) is 67.5 cm³/mol. The van der Waals surface area contributed by atoms with Crippen LogP contribution in [0.1, 0.15) is 12.8 Å². The molecule has 1 aliphatic rings. The van der Waals surface area contributed by atoms with Crippen molar-refractivity contribution in [1.82, 2.24) is 4.72 Å². The summed E-state index contributed by atoms with van der Waals surface area (Å²) < 4.78 is 26.8. The van der Waals surface area contributed by atoms with Crippen molar-refractivity contribution in [3.8, 4) is 5.75 Å². The number of hydrogen-bond acceptors (Lipinski definition) is 5. The van der Waals surface area contributed by atoms with E-state index in [0.29, 0.717) is 12.8 Å². The highest BCUT2D eigenvalue weighted by Gasteiger charge is 2.24. The second-order valence-corrected chi connectivity index (χ2v) is 6.36. The van der Waals surface area contributed by atoms with E-state index < -0.39 is 26.4 Å². The number of rotatable bonds is 4. The lowest BCUT2D eigenvalue weighted by atomic mass is 10.1. The van der Waals surface area contributed by atoms with Gasteiger partial charge in [0.2, 0.25) is 10.0 Å². The van der Waals surface area contributed by atoms with Gasteiger partial charge in [0.1, 0.15) is 0 Å². The largest absolute Gasteiger partial charge is 0.868 e. The van der Waals surface area contributed by atoms with Crippen molar-refractivity contribution in [3.05, 3.63) is 28.3 Å². The summed E-state index contributed by atoms with van der Waals surface area (Å²) in [6, 6.07) is 2.63. The van der Waals surface area contributed by atoms with Crippen LogP contribution >= 0.6 is 0 Å². The Morgan fingerprint density at radius 1 is 1.30 bits per heavy atom. The van der Waals surface area contributed by atoms with Crippen LogP contribution in [0.4, 0.5) is 5.69 Å². The molecule has 1 aromatic carbocycles. The van der Waals surface area contributed by atoms with E-state index in [1.165, 1.54) is 0 Å². The van der Waals surface area contributed by atoms with E-state index in [0.717, 1.165) is 31.3 Å². The number of nitro benzene ring substituents is 1. The van der Waals surface area contributed by atoms with Gasteiger partial charge in [-0.05, 0) is 11.8 Å². The van der Waals surface area contributed by atoms with Gasteiger partial charge in [0.05, 0.1) is 22.9 Å². The monoisotopic (exact) mass is 301 g/mol. The maximum atomic E-state index is 12.1. The first-order valence-corrected chi connectivity index (χ1v) is 7.68. The van der Waals surface area contributed by atoms with Crippen LogP contribution in [0.5, 0.6) is 5.75 Å². The van der Waals surface area contributed by atoms with E-state index in [-0.39, 0.29) is 10.9 Å². The molecule has 0 bridgehead atoms. The molecule has 8 nitrogen and oxygen atoms in total. The summed E-state index contributed by atoms with van der Waals surface area (Å²) in [6.07, 6.45) is 1.42. The molecule has 9 heteroatoms. The molecule has 3 N–H and O–H groups in total. The molecule has 0 amide bonds. The van der Waals surface area contributed by atoms with E-state index in [4.69, 9.17) is 0 Å². The molecule has 20 heavy (non-hydrogen) atoms. The Balaban J connectivity index is 2.24.